The largest absolute Gasteiger partial charge is 0.299 e. The van der Waals surface area contributed by atoms with Crippen molar-refractivity contribution in [2.75, 3.05) is 0 Å². The van der Waals surface area contributed by atoms with E-state index in [-0.39, 0.29) is 5.54 Å². The number of thiazole rings is 1. The summed E-state index contributed by atoms with van der Waals surface area (Å²) in [6.45, 7) is 4.86. The molecule has 0 aliphatic rings. The molecule has 4 nitrogen and oxygen atoms in total. The van der Waals surface area contributed by atoms with Crippen LogP contribution in [0.15, 0.2) is 30.0 Å². The molecule has 0 bridgehead atoms. The first-order chi connectivity index (χ1) is 7.68. The molecule has 1 N–H and O–H groups in total. The van der Waals surface area contributed by atoms with Crippen LogP contribution in [-0.2, 0) is 12.1 Å². The maximum absolute atomic E-state index is 4.32. The second kappa shape index (κ2) is 4.67. The standard InChI is InChI=1S/C11H14N4S/c1-11(2,10-14-6-7-16-10)15-8-9-12-4-3-5-13-9/h3-7,15H,8H2,1-2H3. The molecule has 0 atom stereocenters. The van der Waals surface area contributed by atoms with Gasteiger partial charge < -0.3 is 0 Å². The lowest BCUT2D eigenvalue weighted by Crippen LogP contribution is -2.36. The SMILES string of the molecule is CC(C)(NCc1ncccn1)c1nccs1. The van der Waals surface area contributed by atoms with Crippen molar-refractivity contribution >= 4 is 11.3 Å². The third-order valence-corrected chi connectivity index (χ3v) is 3.37. The molecular weight excluding hydrogens is 220 g/mol. The van der Waals surface area contributed by atoms with Crippen LogP contribution >= 0.6 is 11.3 Å². The number of hydrogen-bond donors (Lipinski definition) is 1. The van der Waals surface area contributed by atoms with Crippen molar-refractivity contribution in [3.63, 3.8) is 0 Å². The first kappa shape index (κ1) is 11.2. The summed E-state index contributed by atoms with van der Waals surface area (Å²) in [7, 11) is 0. The summed E-state index contributed by atoms with van der Waals surface area (Å²) in [5, 5.41) is 6.46. The maximum Gasteiger partial charge on any atom is 0.141 e. The molecular formula is C11H14N4S. The third-order valence-electron chi connectivity index (χ3n) is 2.27. The molecule has 0 saturated heterocycles. The molecule has 0 saturated carbocycles. The lowest BCUT2D eigenvalue weighted by atomic mass is 10.1. The Hall–Kier alpha value is -1.33. The summed E-state index contributed by atoms with van der Waals surface area (Å²) in [6.07, 6.45) is 5.32. The summed E-state index contributed by atoms with van der Waals surface area (Å²) >= 11 is 1.65. The Morgan fingerprint density at radius 1 is 1.19 bits per heavy atom. The topological polar surface area (TPSA) is 50.7 Å². The highest BCUT2D eigenvalue weighted by Gasteiger charge is 2.22. The maximum atomic E-state index is 4.32. The van der Waals surface area contributed by atoms with Crippen molar-refractivity contribution in [2.24, 2.45) is 0 Å². The van der Waals surface area contributed by atoms with Crippen LogP contribution in [0.5, 0.6) is 0 Å². The Bertz CT molecular complexity index is 425. The van der Waals surface area contributed by atoms with Gasteiger partial charge >= 0.3 is 0 Å². The van der Waals surface area contributed by atoms with Crippen LogP contribution in [0.25, 0.3) is 0 Å². The second-order valence-corrected chi connectivity index (χ2v) is 4.88. The number of aromatic nitrogens is 3. The minimum absolute atomic E-state index is 0.145. The number of nitrogens with one attached hydrogen (secondary N) is 1. The molecule has 0 aliphatic carbocycles. The number of nitrogens with zero attached hydrogens (tertiary/aromatic N) is 3. The van der Waals surface area contributed by atoms with Gasteiger partial charge in [0.15, 0.2) is 0 Å². The third kappa shape index (κ3) is 2.62. The summed E-state index contributed by atoms with van der Waals surface area (Å²) in [5.74, 6) is 0.798. The van der Waals surface area contributed by atoms with E-state index >= 15 is 0 Å². The van der Waals surface area contributed by atoms with Crippen molar-refractivity contribution in [1.82, 2.24) is 20.3 Å². The average molecular weight is 234 g/mol. The fourth-order valence-electron chi connectivity index (χ4n) is 1.33. The highest BCUT2D eigenvalue weighted by Crippen LogP contribution is 2.21. The van der Waals surface area contributed by atoms with Crippen molar-refractivity contribution < 1.29 is 0 Å². The van der Waals surface area contributed by atoms with Crippen LogP contribution in [-0.4, -0.2) is 15.0 Å². The van der Waals surface area contributed by atoms with Gasteiger partial charge in [0, 0.05) is 24.0 Å². The molecule has 0 amide bonds. The molecule has 0 aliphatic heterocycles. The summed E-state index contributed by atoms with van der Waals surface area (Å²) < 4.78 is 0. The van der Waals surface area contributed by atoms with E-state index in [1.165, 1.54) is 0 Å². The Kier molecular flexibility index (Phi) is 3.26. The van der Waals surface area contributed by atoms with Gasteiger partial charge in [-0.25, -0.2) is 15.0 Å². The first-order valence-electron chi connectivity index (χ1n) is 5.09. The zero-order valence-corrected chi connectivity index (χ0v) is 10.2. The molecule has 0 unspecified atom stereocenters. The molecule has 84 valence electrons. The van der Waals surface area contributed by atoms with E-state index in [4.69, 9.17) is 0 Å². The highest BCUT2D eigenvalue weighted by molar-refractivity contribution is 7.09. The van der Waals surface area contributed by atoms with Gasteiger partial charge in [-0.15, -0.1) is 11.3 Å². The number of hydrogen-bond acceptors (Lipinski definition) is 5. The normalized spacial score (nSPS) is 11.6. The fourth-order valence-corrected chi connectivity index (χ4v) is 2.07. The Labute approximate surface area is 98.8 Å². The average Bonchev–Trinajstić information content (AvgIpc) is 2.82. The first-order valence-corrected chi connectivity index (χ1v) is 5.97. The van der Waals surface area contributed by atoms with Crippen molar-refractivity contribution in [3.05, 3.63) is 40.9 Å². The molecule has 0 radical (unpaired) electrons. The molecule has 0 spiro atoms. The minimum atomic E-state index is -0.145. The molecule has 0 aromatic carbocycles. The van der Waals surface area contributed by atoms with Crippen LogP contribution in [0.1, 0.15) is 24.7 Å². The molecule has 2 rings (SSSR count). The van der Waals surface area contributed by atoms with E-state index in [1.807, 2.05) is 17.6 Å². The Morgan fingerprint density at radius 3 is 2.56 bits per heavy atom. The highest BCUT2D eigenvalue weighted by atomic mass is 32.1. The van der Waals surface area contributed by atoms with Crippen molar-refractivity contribution in [3.8, 4) is 0 Å². The molecule has 2 aromatic rings. The summed E-state index contributed by atoms with van der Waals surface area (Å²) in [6, 6.07) is 1.81. The van der Waals surface area contributed by atoms with E-state index in [9.17, 15) is 0 Å². The zero-order chi connectivity index (χ0) is 11.4. The Balaban J connectivity index is 2.00. The molecule has 2 aromatic heterocycles. The fraction of sp³-hybridized carbons (Fsp3) is 0.364. The molecule has 16 heavy (non-hydrogen) atoms. The quantitative estimate of drug-likeness (QED) is 0.878. The monoisotopic (exact) mass is 234 g/mol. The van der Waals surface area contributed by atoms with Gasteiger partial charge in [0.2, 0.25) is 0 Å². The van der Waals surface area contributed by atoms with Crippen molar-refractivity contribution in [2.45, 2.75) is 25.9 Å². The molecule has 0 fully saturated rings. The van der Waals surface area contributed by atoms with Gasteiger partial charge in [0.1, 0.15) is 10.8 Å². The summed E-state index contributed by atoms with van der Waals surface area (Å²) in [5.41, 5.74) is -0.145. The van der Waals surface area contributed by atoms with Crippen molar-refractivity contribution in [1.29, 1.82) is 0 Å². The van der Waals surface area contributed by atoms with E-state index in [2.05, 4.69) is 34.1 Å². The Morgan fingerprint density at radius 2 is 1.94 bits per heavy atom. The van der Waals surface area contributed by atoms with Gasteiger partial charge in [0.05, 0.1) is 12.1 Å². The van der Waals surface area contributed by atoms with E-state index < -0.39 is 0 Å². The molecule has 5 heteroatoms. The predicted octanol–water partition coefficient (Wildman–Crippen LogP) is 1.96. The minimum Gasteiger partial charge on any atom is -0.299 e. The van der Waals surface area contributed by atoms with E-state index in [0.29, 0.717) is 6.54 Å². The van der Waals surface area contributed by atoms with Gasteiger partial charge in [-0.05, 0) is 19.9 Å². The van der Waals surface area contributed by atoms with E-state index in [0.717, 1.165) is 10.8 Å². The van der Waals surface area contributed by atoms with Gasteiger partial charge in [-0.3, -0.25) is 5.32 Å². The van der Waals surface area contributed by atoms with Gasteiger partial charge in [-0.1, -0.05) is 0 Å². The van der Waals surface area contributed by atoms with Gasteiger partial charge in [0.25, 0.3) is 0 Å². The lowest BCUT2D eigenvalue weighted by Gasteiger charge is -2.23. The van der Waals surface area contributed by atoms with Crippen LogP contribution in [0, 0.1) is 0 Å². The van der Waals surface area contributed by atoms with Crippen LogP contribution < -0.4 is 5.32 Å². The molecule has 2 heterocycles. The zero-order valence-electron chi connectivity index (χ0n) is 9.34. The lowest BCUT2D eigenvalue weighted by molar-refractivity contribution is 0.393. The summed E-state index contributed by atoms with van der Waals surface area (Å²) in [4.78, 5) is 12.7. The number of rotatable bonds is 4. The van der Waals surface area contributed by atoms with E-state index in [1.54, 1.807) is 23.7 Å². The predicted molar refractivity (Wildman–Crippen MR) is 64.0 cm³/mol. The van der Waals surface area contributed by atoms with Crippen LogP contribution in [0.3, 0.4) is 0 Å². The second-order valence-electron chi connectivity index (χ2n) is 3.98. The van der Waals surface area contributed by atoms with Crippen LogP contribution in [0.2, 0.25) is 0 Å². The van der Waals surface area contributed by atoms with Gasteiger partial charge in [-0.2, -0.15) is 0 Å². The van der Waals surface area contributed by atoms with Crippen LogP contribution in [0.4, 0.5) is 0 Å². The smallest absolute Gasteiger partial charge is 0.141 e.